The minimum atomic E-state index is 0.768. The minimum Gasteiger partial charge on any atom is -0.405 e. The van der Waals surface area contributed by atoms with Crippen LogP contribution >= 0.6 is 0 Å². The van der Waals surface area contributed by atoms with Crippen LogP contribution in [0, 0.1) is 0 Å². The van der Waals surface area contributed by atoms with E-state index >= 15 is 0 Å². The Morgan fingerprint density at radius 2 is 2.44 bits per heavy atom. The number of hydrogen-bond acceptors (Lipinski definition) is 3. The zero-order valence-corrected chi connectivity index (χ0v) is 5.89. The predicted molar refractivity (Wildman–Crippen MR) is 40.6 cm³/mol. The van der Waals surface area contributed by atoms with E-state index in [0.717, 1.165) is 12.3 Å². The van der Waals surface area contributed by atoms with E-state index in [-0.39, 0.29) is 0 Å². The fraction of sp³-hybridized carbons (Fsp3) is 0.500. The molecule has 0 fully saturated rings. The van der Waals surface area contributed by atoms with Crippen LogP contribution in [-0.2, 0) is 0 Å². The first-order chi connectivity index (χ1) is 4.35. The van der Waals surface area contributed by atoms with Crippen LogP contribution in [-0.4, -0.2) is 26.4 Å². The SMILES string of the molecule is CN=C(/C=C\N)CNC. The third-order valence-electron chi connectivity index (χ3n) is 0.934. The lowest BCUT2D eigenvalue weighted by Crippen LogP contribution is -2.16. The summed E-state index contributed by atoms with van der Waals surface area (Å²) in [5, 5.41) is 2.97. The summed E-state index contributed by atoms with van der Waals surface area (Å²) in [5.41, 5.74) is 6.10. The maximum atomic E-state index is 5.15. The third-order valence-corrected chi connectivity index (χ3v) is 0.934. The molecular weight excluding hydrogens is 114 g/mol. The molecule has 9 heavy (non-hydrogen) atoms. The first-order valence-corrected chi connectivity index (χ1v) is 2.83. The molecule has 0 aromatic rings. The zero-order valence-electron chi connectivity index (χ0n) is 5.89. The average Bonchev–Trinajstić information content (AvgIpc) is 1.88. The topological polar surface area (TPSA) is 50.4 Å². The van der Waals surface area contributed by atoms with Gasteiger partial charge in [0.2, 0.25) is 0 Å². The zero-order chi connectivity index (χ0) is 7.11. The average molecular weight is 127 g/mol. The van der Waals surface area contributed by atoms with Gasteiger partial charge in [0, 0.05) is 19.3 Å². The fourth-order valence-electron chi connectivity index (χ4n) is 0.505. The van der Waals surface area contributed by atoms with Crippen molar-refractivity contribution in [3.05, 3.63) is 12.3 Å². The van der Waals surface area contributed by atoms with Crippen LogP contribution < -0.4 is 11.1 Å². The van der Waals surface area contributed by atoms with Gasteiger partial charge in [-0.3, -0.25) is 4.99 Å². The summed E-state index contributed by atoms with van der Waals surface area (Å²) in [6.07, 6.45) is 3.26. The van der Waals surface area contributed by atoms with Gasteiger partial charge in [0.1, 0.15) is 0 Å². The van der Waals surface area contributed by atoms with Crippen LogP contribution in [0.2, 0.25) is 0 Å². The Kier molecular flexibility index (Phi) is 4.82. The molecule has 0 rings (SSSR count). The first-order valence-electron chi connectivity index (χ1n) is 2.83. The van der Waals surface area contributed by atoms with Gasteiger partial charge in [-0.25, -0.2) is 0 Å². The van der Waals surface area contributed by atoms with Crippen LogP contribution in [0.4, 0.5) is 0 Å². The normalized spacial score (nSPS) is 12.9. The van der Waals surface area contributed by atoms with Gasteiger partial charge in [-0.2, -0.15) is 0 Å². The van der Waals surface area contributed by atoms with Crippen molar-refractivity contribution >= 4 is 5.71 Å². The van der Waals surface area contributed by atoms with Gasteiger partial charge in [0.25, 0.3) is 0 Å². The number of aliphatic imine (C=N–C) groups is 1. The Morgan fingerprint density at radius 1 is 1.78 bits per heavy atom. The second kappa shape index (κ2) is 5.31. The number of nitrogens with two attached hydrogens (primary N) is 1. The van der Waals surface area contributed by atoms with Crippen LogP contribution in [0.15, 0.2) is 17.3 Å². The Morgan fingerprint density at radius 3 is 2.78 bits per heavy atom. The molecule has 0 aromatic heterocycles. The molecule has 3 heteroatoms. The molecule has 0 aliphatic heterocycles. The van der Waals surface area contributed by atoms with E-state index in [0.29, 0.717) is 0 Å². The standard InChI is InChI=1S/C6H13N3/c1-8-5-6(9-2)3-4-7/h3-4,8H,5,7H2,1-2H3/b4-3-,9-6?. The first kappa shape index (κ1) is 8.17. The smallest absolute Gasteiger partial charge is 0.0497 e. The molecule has 0 radical (unpaired) electrons. The van der Waals surface area contributed by atoms with Gasteiger partial charge < -0.3 is 11.1 Å². The fourth-order valence-corrected chi connectivity index (χ4v) is 0.505. The lowest BCUT2D eigenvalue weighted by atomic mass is 10.3. The highest BCUT2D eigenvalue weighted by Gasteiger charge is 1.86. The molecule has 0 unspecified atom stereocenters. The Bertz CT molecular complexity index is 115. The lowest BCUT2D eigenvalue weighted by Gasteiger charge is -1.95. The van der Waals surface area contributed by atoms with E-state index in [4.69, 9.17) is 5.73 Å². The molecule has 3 N–H and O–H groups in total. The largest absolute Gasteiger partial charge is 0.405 e. The van der Waals surface area contributed by atoms with Gasteiger partial charge >= 0.3 is 0 Å². The summed E-state index contributed by atoms with van der Waals surface area (Å²) < 4.78 is 0. The highest BCUT2D eigenvalue weighted by atomic mass is 14.8. The maximum absolute atomic E-state index is 5.15. The van der Waals surface area contributed by atoms with Crippen molar-refractivity contribution in [2.45, 2.75) is 0 Å². The van der Waals surface area contributed by atoms with Crippen LogP contribution in [0.25, 0.3) is 0 Å². The molecule has 0 aliphatic carbocycles. The summed E-state index contributed by atoms with van der Waals surface area (Å²) in [7, 11) is 3.61. The number of nitrogens with one attached hydrogen (secondary N) is 1. The molecule has 0 aliphatic rings. The number of hydrogen-bond donors (Lipinski definition) is 2. The molecule has 0 saturated heterocycles. The van der Waals surface area contributed by atoms with Crippen LogP contribution in [0.5, 0.6) is 0 Å². The van der Waals surface area contributed by atoms with Crippen molar-refractivity contribution in [3.8, 4) is 0 Å². The van der Waals surface area contributed by atoms with Crippen molar-refractivity contribution in [2.24, 2.45) is 10.7 Å². The van der Waals surface area contributed by atoms with E-state index in [2.05, 4.69) is 10.3 Å². The van der Waals surface area contributed by atoms with E-state index in [1.165, 1.54) is 6.20 Å². The second-order valence-electron chi connectivity index (χ2n) is 1.60. The molecule has 0 aromatic carbocycles. The molecule has 52 valence electrons. The Labute approximate surface area is 55.7 Å². The summed E-state index contributed by atoms with van der Waals surface area (Å²) in [4.78, 5) is 3.95. The van der Waals surface area contributed by atoms with Crippen molar-refractivity contribution in [1.29, 1.82) is 0 Å². The molecule has 0 heterocycles. The molecule has 0 amide bonds. The van der Waals surface area contributed by atoms with E-state index in [1.54, 1.807) is 13.1 Å². The Balaban J connectivity index is 3.70. The summed E-state index contributed by atoms with van der Waals surface area (Å²) >= 11 is 0. The summed E-state index contributed by atoms with van der Waals surface area (Å²) in [5.74, 6) is 0. The minimum absolute atomic E-state index is 0.768. The van der Waals surface area contributed by atoms with Crippen LogP contribution in [0.1, 0.15) is 0 Å². The van der Waals surface area contributed by atoms with Gasteiger partial charge in [-0.15, -0.1) is 0 Å². The monoisotopic (exact) mass is 127 g/mol. The van der Waals surface area contributed by atoms with Gasteiger partial charge in [-0.1, -0.05) is 0 Å². The van der Waals surface area contributed by atoms with E-state index in [9.17, 15) is 0 Å². The molecule has 3 nitrogen and oxygen atoms in total. The van der Waals surface area contributed by atoms with Gasteiger partial charge in [0.05, 0.1) is 0 Å². The van der Waals surface area contributed by atoms with Crippen molar-refractivity contribution < 1.29 is 0 Å². The van der Waals surface area contributed by atoms with Crippen molar-refractivity contribution in [2.75, 3.05) is 20.6 Å². The van der Waals surface area contributed by atoms with Crippen molar-refractivity contribution in [1.82, 2.24) is 5.32 Å². The second-order valence-corrected chi connectivity index (χ2v) is 1.60. The highest BCUT2D eigenvalue weighted by Crippen LogP contribution is 1.75. The van der Waals surface area contributed by atoms with Crippen molar-refractivity contribution in [3.63, 3.8) is 0 Å². The van der Waals surface area contributed by atoms with E-state index in [1.807, 2.05) is 7.05 Å². The van der Waals surface area contributed by atoms with Gasteiger partial charge in [0.15, 0.2) is 0 Å². The molecule has 0 atom stereocenters. The summed E-state index contributed by atoms with van der Waals surface area (Å²) in [6, 6.07) is 0. The highest BCUT2D eigenvalue weighted by molar-refractivity contribution is 5.96. The maximum Gasteiger partial charge on any atom is 0.0497 e. The molecule has 0 saturated carbocycles. The quantitative estimate of drug-likeness (QED) is 0.513. The molecule has 0 bridgehead atoms. The summed E-state index contributed by atoms with van der Waals surface area (Å²) in [6.45, 7) is 0.768. The molecule has 0 spiro atoms. The Hall–Kier alpha value is -0.830. The van der Waals surface area contributed by atoms with Crippen LogP contribution in [0.3, 0.4) is 0 Å². The predicted octanol–water partition coefficient (Wildman–Crippen LogP) is -0.251. The number of nitrogens with zero attached hydrogens (tertiary/aromatic N) is 1. The molecular formula is C6H13N3. The number of rotatable bonds is 3. The van der Waals surface area contributed by atoms with Gasteiger partial charge in [-0.05, 0) is 19.3 Å². The van der Waals surface area contributed by atoms with E-state index < -0.39 is 0 Å². The lowest BCUT2D eigenvalue weighted by molar-refractivity contribution is 0.946. The third kappa shape index (κ3) is 3.73.